The molecule has 2 aromatic carbocycles. The summed E-state index contributed by atoms with van der Waals surface area (Å²) < 4.78 is 0. The summed E-state index contributed by atoms with van der Waals surface area (Å²) in [5.41, 5.74) is 4.74. The van der Waals surface area contributed by atoms with Crippen LogP contribution in [0.3, 0.4) is 0 Å². The molecule has 0 atom stereocenters. The molecule has 0 bridgehead atoms. The molecule has 2 aliphatic heterocycles. The van der Waals surface area contributed by atoms with Crippen molar-refractivity contribution < 1.29 is 0 Å². The summed E-state index contributed by atoms with van der Waals surface area (Å²) in [7, 11) is 0. The van der Waals surface area contributed by atoms with Crippen molar-refractivity contribution in [2.45, 2.75) is 77.5 Å². The molecule has 0 N–H and O–H groups in total. The topological polar surface area (TPSA) is 32.3 Å². The summed E-state index contributed by atoms with van der Waals surface area (Å²) in [5.74, 6) is 1.92. The van der Waals surface area contributed by atoms with E-state index >= 15 is 0 Å². The second kappa shape index (κ2) is 6.34. The minimum atomic E-state index is -0.176. The van der Waals surface area contributed by atoms with E-state index in [0.717, 1.165) is 11.6 Å². The monoisotopic (exact) mass is 426 g/mol. The van der Waals surface area contributed by atoms with E-state index in [1.165, 1.54) is 22.3 Å². The van der Waals surface area contributed by atoms with Crippen LogP contribution in [0.5, 0.6) is 0 Å². The molecule has 0 fully saturated rings. The number of benzene rings is 2. The average molecular weight is 427 g/mol. The van der Waals surface area contributed by atoms with Gasteiger partial charge in [-0.25, -0.2) is 9.97 Å². The largest absolute Gasteiger partial charge is 0.338 e. The first-order chi connectivity index (χ1) is 14.9. The molecule has 5 rings (SSSR count). The zero-order chi connectivity index (χ0) is 23.1. The van der Waals surface area contributed by atoms with Crippen LogP contribution in [-0.4, -0.2) is 9.97 Å². The minimum Gasteiger partial charge on any atom is -0.338 e. The van der Waals surface area contributed by atoms with Gasteiger partial charge in [-0.2, -0.15) is 0 Å². The maximum atomic E-state index is 4.80. The van der Waals surface area contributed by atoms with Gasteiger partial charge >= 0.3 is 0 Å². The number of rotatable bonds is 2. The van der Waals surface area contributed by atoms with E-state index in [4.69, 9.17) is 9.97 Å². The van der Waals surface area contributed by atoms with E-state index in [-0.39, 0.29) is 22.2 Å². The van der Waals surface area contributed by atoms with Crippen LogP contribution >= 0.6 is 0 Å². The first kappa shape index (κ1) is 21.0. The lowest BCUT2D eigenvalue weighted by Gasteiger charge is -2.44. The normalized spacial score (nSPS) is 21.4. The van der Waals surface area contributed by atoms with Crippen LogP contribution in [-0.2, 0) is 22.2 Å². The highest BCUT2D eigenvalue weighted by molar-refractivity contribution is 5.65. The molecule has 3 heterocycles. The lowest BCUT2D eigenvalue weighted by molar-refractivity contribution is 0.392. The van der Waals surface area contributed by atoms with Crippen molar-refractivity contribution in [2.24, 2.45) is 0 Å². The van der Waals surface area contributed by atoms with Gasteiger partial charge in [0.15, 0.2) is 0 Å². The lowest BCUT2D eigenvalue weighted by Crippen LogP contribution is -2.48. The minimum absolute atomic E-state index is 0.176. The first-order valence-electron chi connectivity index (χ1n) is 11.5. The van der Waals surface area contributed by atoms with Crippen molar-refractivity contribution in [3.63, 3.8) is 0 Å². The Labute approximate surface area is 192 Å². The maximum Gasteiger partial charge on any atom is 0.135 e. The van der Waals surface area contributed by atoms with Crippen LogP contribution in [0.2, 0.25) is 0 Å². The summed E-state index contributed by atoms with van der Waals surface area (Å²) in [6, 6.07) is 19.7. The molecule has 0 saturated carbocycles. The Kier molecular flexibility index (Phi) is 4.16. The fourth-order valence-electron chi connectivity index (χ4n) is 6.71. The van der Waals surface area contributed by atoms with Crippen LogP contribution in [0.4, 0.5) is 11.6 Å². The molecule has 0 amide bonds. The Balaban J connectivity index is 1.65. The van der Waals surface area contributed by atoms with Gasteiger partial charge in [0.25, 0.3) is 0 Å². The van der Waals surface area contributed by atoms with Crippen molar-refractivity contribution in [1.82, 2.24) is 9.97 Å². The maximum absolute atomic E-state index is 4.80. The smallest absolute Gasteiger partial charge is 0.135 e. The number of hydrogen-bond acceptors (Lipinski definition) is 4. The fraction of sp³-hybridized carbons (Fsp3) is 0.429. The van der Waals surface area contributed by atoms with E-state index in [0.29, 0.717) is 0 Å². The van der Waals surface area contributed by atoms with Crippen molar-refractivity contribution >= 4 is 11.6 Å². The Bertz CT molecular complexity index is 1040. The summed E-state index contributed by atoms with van der Waals surface area (Å²) in [5, 5.41) is 0. The molecule has 4 heteroatoms. The van der Waals surface area contributed by atoms with Gasteiger partial charge in [-0.1, -0.05) is 48.5 Å². The molecule has 3 aromatic rings. The predicted octanol–water partition coefficient (Wildman–Crippen LogP) is 6.46. The fourth-order valence-corrected chi connectivity index (χ4v) is 6.71. The third kappa shape index (κ3) is 2.55. The Morgan fingerprint density at radius 1 is 0.500 bits per heavy atom. The second-order valence-electron chi connectivity index (χ2n) is 11.2. The molecule has 2 aliphatic rings. The molecule has 32 heavy (non-hydrogen) atoms. The van der Waals surface area contributed by atoms with Crippen LogP contribution in [0.15, 0.2) is 60.9 Å². The van der Waals surface area contributed by atoms with Gasteiger partial charge in [0.1, 0.15) is 18.0 Å². The van der Waals surface area contributed by atoms with Crippen molar-refractivity contribution in [2.75, 3.05) is 9.80 Å². The molecule has 0 radical (unpaired) electrons. The van der Waals surface area contributed by atoms with E-state index < -0.39 is 0 Å². The zero-order valence-corrected chi connectivity index (χ0v) is 20.6. The van der Waals surface area contributed by atoms with Gasteiger partial charge in [0.2, 0.25) is 0 Å². The average Bonchev–Trinajstić information content (AvgIpc) is 3.00. The number of fused-ring (bicyclic) bond motifs is 2. The quantitative estimate of drug-likeness (QED) is 0.471. The van der Waals surface area contributed by atoms with Crippen LogP contribution in [0, 0.1) is 0 Å². The number of hydrogen-bond donors (Lipinski definition) is 0. The van der Waals surface area contributed by atoms with E-state index in [9.17, 15) is 0 Å². The highest BCUT2D eigenvalue weighted by Gasteiger charge is 2.51. The Hall–Kier alpha value is -2.88. The number of nitrogens with zero attached hydrogens (tertiary/aromatic N) is 4. The Morgan fingerprint density at radius 2 is 0.781 bits per heavy atom. The third-order valence-electron chi connectivity index (χ3n) is 7.82. The van der Waals surface area contributed by atoms with Crippen molar-refractivity contribution in [3.05, 3.63) is 83.2 Å². The van der Waals surface area contributed by atoms with E-state index in [2.05, 4.69) is 120 Å². The van der Waals surface area contributed by atoms with E-state index in [1.54, 1.807) is 6.33 Å². The van der Waals surface area contributed by atoms with Crippen LogP contribution in [0.25, 0.3) is 0 Å². The molecule has 0 unspecified atom stereocenters. The summed E-state index contributed by atoms with van der Waals surface area (Å²) in [4.78, 5) is 14.5. The van der Waals surface area contributed by atoms with Crippen molar-refractivity contribution in [1.29, 1.82) is 0 Å². The zero-order valence-electron chi connectivity index (χ0n) is 20.6. The van der Waals surface area contributed by atoms with Gasteiger partial charge in [0, 0.05) is 6.07 Å². The molecule has 4 nitrogen and oxygen atoms in total. The molecule has 166 valence electrons. The van der Waals surface area contributed by atoms with Crippen LogP contribution in [0.1, 0.15) is 77.6 Å². The number of anilines is 2. The molecule has 0 spiro atoms. The molecular weight excluding hydrogens is 392 g/mol. The third-order valence-corrected chi connectivity index (χ3v) is 7.82. The van der Waals surface area contributed by atoms with Gasteiger partial charge in [-0.05, 0) is 77.6 Å². The second-order valence-corrected chi connectivity index (χ2v) is 11.2. The summed E-state index contributed by atoms with van der Waals surface area (Å²) >= 11 is 0. The molecule has 0 aliphatic carbocycles. The van der Waals surface area contributed by atoms with Gasteiger partial charge in [-0.15, -0.1) is 0 Å². The van der Waals surface area contributed by atoms with E-state index in [1.807, 2.05) is 0 Å². The first-order valence-corrected chi connectivity index (χ1v) is 11.5. The molecule has 0 saturated heterocycles. The lowest BCUT2D eigenvalue weighted by atomic mass is 9.91. The summed E-state index contributed by atoms with van der Waals surface area (Å²) in [6.07, 6.45) is 1.73. The predicted molar refractivity (Wildman–Crippen MR) is 132 cm³/mol. The highest BCUT2D eigenvalue weighted by Crippen LogP contribution is 2.54. The van der Waals surface area contributed by atoms with Crippen molar-refractivity contribution in [3.8, 4) is 0 Å². The Morgan fingerprint density at radius 3 is 1.06 bits per heavy atom. The standard InChI is InChI=1S/C28H34N4/c1-25(2)19-13-9-10-14-20(19)26(3,4)31(25)23-17-24(30-18-29-23)32-27(5,6)21-15-11-12-16-22(21)28(32,7)8/h9-18H,1-8H3. The highest BCUT2D eigenvalue weighted by atomic mass is 15.3. The molecular formula is C28H34N4. The number of aromatic nitrogens is 2. The van der Waals surface area contributed by atoms with Gasteiger partial charge < -0.3 is 9.80 Å². The SMILES string of the molecule is CC1(C)c2ccccc2C(C)(C)N1c1cc(N2C(C)(C)c3ccccc3C2(C)C)ncn1. The van der Waals surface area contributed by atoms with Gasteiger partial charge in [-0.3, -0.25) is 0 Å². The van der Waals surface area contributed by atoms with Crippen LogP contribution < -0.4 is 9.80 Å². The molecule has 1 aromatic heterocycles. The van der Waals surface area contributed by atoms with Gasteiger partial charge in [0.05, 0.1) is 22.2 Å². The summed E-state index contributed by atoms with van der Waals surface area (Å²) in [6.45, 7) is 18.3.